The van der Waals surface area contributed by atoms with E-state index in [1.807, 2.05) is 0 Å². The highest BCUT2D eigenvalue weighted by atomic mass is 16.5. The Kier molecular flexibility index (Phi) is 6.62. The molecule has 1 amide bonds. The molecule has 0 saturated carbocycles. The van der Waals surface area contributed by atoms with Crippen molar-refractivity contribution in [3.8, 4) is 11.5 Å². The first-order chi connectivity index (χ1) is 12.5. The summed E-state index contributed by atoms with van der Waals surface area (Å²) in [6.45, 7) is 2.64. The minimum absolute atomic E-state index is 0.0688. The Hall–Kier alpha value is -3.00. The van der Waals surface area contributed by atoms with Gasteiger partial charge in [-0.1, -0.05) is 6.07 Å². The number of ether oxygens (including phenoxy) is 3. The maximum atomic E-state index is 12.2. The second-order valence-corrected chi connectivity index (χ2v) is 5.45. The lowest BCUT2D eigenvalue weighted by Gasteiger charge is -2.16. The minimum Gasteiger partial charge on any atom is -0.493 e. The number of benzene rings is 1. The van der Waals surface area contributed by atoms with E-state index in [1.54, 1.807) is 32.2 Å². The zero-order valence-electron chi connectivity index (χ0n) is 14.8. The molecule has 1 aromatic carbocycles. The summed E-state index contributed by atoms with van der Waals surface area (Å²) in [7, 11) is 3.12. The number of hydrogen-bond acceptors (Lipinski definition) is 6. The topological polar surface area (TPSA) is 107 Å². The molecule has 26 heavy (non-hydrogen) atoms. The number of carboxylic acid groups (broad SMARTS) is 1. The van der Waals surface area contributed by atoms with Gasteiger partial charge in [-0.25, -0.2) is 4.79 Å². The molecule has 2 N–H and O–H groups in total. The molecule has 8 heteroatoms. The highest BCUT2D eigenvalue weighted by molar-refractivity contribution is 5.95. The lowest BCUT2D eigenvalue weighted by molar-refractivity contribution is 0.0695. The van der Waals surface area contributed by atoms with Gasteiger partial charge in [-0.2, -0.15) is 0 Å². The highest BCUT2D eigenvalue weighted by Crippen LogP contribution is 2.30. The van der Waals surface area contributed by atoms with Crippen LogP contribution in [0.1, 0.15) is 39.4 Å². The number of methoxy groups -OCH3 is 2. The van der Waals surface area contributed by atoms with Crippen LogP contribution in [0.25, 0.3) is 0 Å². The lowest BCUT2D eigenvalue weighted by atomic mass is 10.1. The van der Waals surface area contributed by atoms with Gasteiger partial charge < -0.3 is 29.1 Å². The van der Waals surface area contributed by atoms with Crippen LogP contribution in [0.15, 0.2) is 34.9 Å². The van der Waals surface area contributed by atoms with Gasteiger partial charge in [0.15, 0.2) is 17.3 Å². The Bertz CT molecular complexity index is 769. The molecular formula is C18H21NO7. The van der Waals surface area contributed by atoms with E-state index in [0.29, 0.717) is 24.7 Å². The van der Waals surface area contributed by atoms with Crippen LogP contribution < -0.4 is 14.8 Å². The van der Waals surface area contributed by atoms with Gasteiger partial charge in [-0.15, -0.1) is 0 Å². The van der Waals surface area contributed by atoms with E-state index in [0.717, 1.165) is 11.8 Å². The number of aromatic carboxylic acids is 1. The average molecular weight is 363 g/mol. The summed E-state index contributed by atoms with van der Waals surface area (Å²) in [6.07, 6.45) is 1.02. The molecule has 0 aliphatic rings. The van der Waals surface area contributed by atoms with E-state index in [2.05, 4.69) is 5.32 Å². The molecule has 0 spiro atoms. The molecule has 0 saturated heterocycles. The molecule has 0 aliphatic carbocycles. The minimum atomic E-state index is -1.16. The molecule has 0 bridgehead atoms. The van der Waals surface area contributed by atoms with E-state index in [1.165, 1.54) is 13.2 Å². The normalized spacial score (nSPS) is 11.7. The van der Waals surface area contributed by atoms with Crippen molar-refractivity contribution in [2.75, 3.05) is 27.4 Å². The van der Waals surface area contributed by atoms with E-state index in [9.17, 15) is 9.59 Å². The number of carbonyl (C=O) groups excluding carboxylic acids is 1. The molecule has 2 aromatic rings. The Morgan fingerprint density at radius 2 is 1.96 bits per heavy atom. The molecule has 0 radical (unpaired) electrons. The fourth-order valence-corrected chi connectivity index (χ4v) is 2.23. The smallest absolute Gasteiger partial charge is 0.338 e. The number of furan rings is 1. The number of hydrogen-bond donors (Lipinski definition) is 2. The summed E-state index contributed by atoms with van der Waals surface area (Å²) in [5.74, 6) is -0.630. The fourth-order valence-electron chi connectivity index (χ4n) is 2.23. The predicted octanol–water partition coefficient (Wildman–Crippen LogP) is 2.50. The summed E-state index contributed by atoms with van der Waals surface area (Å²) in [6, 6.07) is 6.14. The van der Waals surface area contributed by atoms with Gasteiger partial charge >= 0.3 is 5.97 Å². The predicted molar refractivity (Wildman–Crippen MR) is 91.9 cm³/mol. The van der Waals surface area contributed by atoms with Crippen molar-refractivity contribution in [1.29, 1.82) is 0 Å². The van der Waals surface area contributed by atoms with Crippen molar-refractivity contribution in [3.63, 3.8) is 0 Å². The van der Waals surface area contributed by atoms with Gasteiger partial charge in [0.05, 0.1) is 25.3 Å². The zero-order valence-corrected chi connectivity index (χ0v) is 14.8. The van der Waals surface area contributed by atoms with Crippen molar-refractivity contribution < 1.29 is 33.3 Å². The van der Waals surface area contributed by atoms with Gasteiger partial charge in [-0.3, -0.25) is 4.79 Å². The first-order valence-electron chi connectivity index (χ1n) is 7.88. The Labute approximate surface area is 150 Å². The SMILES string of the molecule is COCCOc1ccc(C(C)NC(=O)c2cc(C(=O)O)co2)cc1OC. The quantitative estimate of drug-likeness (QED) is 0.659. The standard InChI is InChI=1S/C18H21NO7/c1-11(19-17(20)16-9-13(10-26-16)18(21)22)12-4-5-14(15(8-12)24-3)25-7-6-23-2/h4-5,8-11H,6-7H2,1-3H3,(H,19,20)(H,21,22). The van der Waals surface area contributed by atoms with Gasteiger partial charge in [0.25, 0.3) is 5.91 Å². The maximum Gasteiger partial charge on any atom is 0.338 e. The number of carbonyl (C=O) groups is 2. The van der Waals surface area contributed by atoms with Gasteiger partial charge in [-0.05, 0) is 24.6 Å². The Morgan fingerprint density at radius 3 is 2.58 bits per heavy atom. The number of amides is 1. The Balaban J connectivity index is 2.06. The second-order valence-electron chi connectivity index (χ2n) is 5.45. The van der Waals surface area contributed by atoms with Crippen LogP contribution >= 0.6 is 0 Å². The second kappa shape index (κ2) is 8.91. The molecule has 8 nitrogen and oxygen atoms in total. The third kappa shape index (κ3) is 4.76. The van der Waals surface area contributed by atoms with E-state index in [-0.39, 0.29) is 17.4 Å². The van der Waals surface area contributed by atoms with E-state index in [4.69, 9.17) is 23.7 Å². The van der Waals surface area contributed by atoms with Gasteiger partial charge in [0, 0.05) is 13.2 Å². The number of carboxylic acids is 1. The van der Waals surface area contributed by atoms with Crippen molar-refractivity contribution in [2.45, 2.75) is 13.0 Å². The zero-order chi connectivity index (χ0) is 19.1. The summed E-state index contributed by atoms with van der Waals surface area (Å²) >= 11 is 0. The molecule has 1 heterocycles. The van der Waals surface area contributed by atoms with E-state index < -0.39 is 11.9 Å². The van der Waals surface area contributed by atoms with Crippen LogP contribution in [0.5, 0.6) is 11.5 Å². The van der Waals surface area contributed by atoms with Crippen molar-refractivity contribution in [3.05, 3.63) is 47.4 Å². The molecule has 2 rings (SSSR count). The largest absolute Gasteiger partial charge is 0.493 e. The molecule has 1 unspecified atom stereocenters. The van der Waals surface area contributed by atoms with Crippen LogP contribution in [0.4, 0.5) is 0 Å². The summed E-state index contributed by atoms with van der Waals surface area (Å²) in [4.78, 5) is 23.0. The monoisotopic (exact) mass is 363 g/mol. The third-order valence-corrected chi connectivity index (χ3v) is 3.65. The van der Waals surface area contributed by atoms with Crippen LogP contribution in [0.3, 0.4) is 0 Å². The molecule has 140 valence electrons. The van der Waals surface area contributed by atoms with E-state index >= 15 is 0 Å². The van der Waals surface area contributed by atoms with Crippen molar-refractivity contribution in [1.82, 2.24) is 5.32 Å². The average Bonchev–Trinajstić information content (AvgIpc) is 3.12. The van der Waals surface area contributed by atoms with Crippen LogP contribution in [0.2, 0.25) is 0 Å². The number of nitrogens with one attached hydrogen (secondary N) is 1. The maximum absolute atomic E-state index is 12.2. The van der Waals surface area contributed by atoms with Crippen molar-refractivity contribution >= 4 is 11.9 Å². The van der Waals surface area contributed by atoms with Crippen LogP contribution in [-0.2, 0) is 4.74 Å². The first kappa shape index (κ1) is 19.3. The molecular weight excluding hydrogens is 342 g/mol. The Morgan fingerprint density at radius 1 is 1.19 bits per heavy atom. The molecule has 1 atom stereocenters. The number of rotatable bonds is 9. The fraction of sp³-hybridized carbons (Fsp3) is 0.333. The van der Waals surface area contributed by atoms with Crippen LogP contribution in [0, 0.1) is 0 Å². The molecule has 0 fully saturated rings. The molecule has 1 aromatic heterocycles. The highest BCUT2D eigenvalue weighted by Gasteiger charge is 2.18. The van der Waals surface area contributed by atoms with Crippen LogP contribution in [-0.4, -0.2) is 44.4 Å². The summed E-state index contributed by atoms with van der Waals surface area (Å²) in [5, 5.41) is 11.6. The van der Waals surface area contributed by atoms with Crippen molar-refractivity contribution in [2.24, 2.45) is 0 Å². The van der Waals surface area contributed by atoms with Gasteiger partial charge in [0.2, 0.25) is 0 Å². The first-order valence-corrected chi connectivity index (χ1v) is 7.88. The molecule has 0 aliphatic heterocycles. The summed E-state index contributed by atoms with van der Waals surface area (Å²) < 4.78 is 20.8. The third-order valence-electron chi connectivity index (χ3n) is 3.65. The lowest BCUT2D eigenvalue weighted by Crippen LogP contribution is -2.26. The van der Waals surface area contributed by atoms with Gasteiger partial charge in [0.1, 0.15) is 12.9 Å². The summed E-state index contributed by atoms with van der Waals surface area (Å²) in [5.41, 5.74) is 0.710.